The third kappa shape index (κ3) is 9.53. The number of carbonyl (C=O) groups is 3. The predicted octanol–water partition coefficient (Wildman–Crippen LogP) is 6.82. The number of nitrogens with one attached hydrogen (secondary N) is 5. The molecule has 0 bridgehead atoms. The van der Waals surface area contributed by atoms with Crippen LogP contribution >= 0.6 is 0 Å². The van der Waals surface area contributed by atoms with Gasteiger partial charge in [-0.05, 0) is 87.9 Å². The molecule has 5 rings (SSSR count). The number of rotatable bonds is 16. The Morgan fingerprint density at radius 2 is 1.56 bits per heavy atom. The molecule has 10 heteroatoms. The predicted molar refractivity (Wildman–Crippen MR) is 198 cm³/mol. The zero-order chi connectivity index (χ0) is 35.7. The van der Waals surface area contributed by atoms with Crippen LogP contribution in [0, 0.1) is 6.92 Å². The van der Waals surface area contributed by atoms with E-state index in [2.05, 4.69) is 50.3 Å². The van der Waals surface area contributed by atoms with E-state index in [0.29, 0.717) is 44.4 Å². The molecule has 0 saturated carbocycles. The number of H-pyrrole nitrogens is 2. The minimum atomic E-state index is -0.725. The Balaban J connectivity index is 1.24. The molecule has 0 aliphatic heterocycles. The largest absolute Gasteiger partial charge is 0.497 e. The number of hydrogen-bond acceptors (Lipinski definition) is 5. The first-order valence-corrected chi connectivity index (χ1v) is 17.4. The monoisotopic (exact) mass is 679 g/mol. The van der Waals surface area contributed by atoms with Gasteiger partial charge in [-0.1, -0.05) is 61.4 Å². The highest BCUT2D eigenvalue weighted by molar-refractivity contribution is 5.94. The molecule has 50 heavy (non-hydrogen) atoms. The van der Waals surface area contributed by atoms with E-state index in [1.165, 1.54) is 0 Å². The van der Waals surface area contributed by atoms with E-state index in [9.17, 15) is 14.4 Å². The molecule has 5 N–H and O–H groups in total. The van der Waals surface area contributed by atoms with Gasteiger partial charge in [-0.3, -0.25) is 19.2 Å². The Bertz CT molecular complexity index is 1920. The van der Waals surface area contributed by atoms with Crippen molar-refractivity contribution in [2.45, 2.75) is 84.3 Å². The van der Waals surface area contributed by atoms with Crippen LogP contribution < -0.4 is 20.9 Å². The van der Waals surface area contributed by atoms with Crippen molar-refractivity contribution in [3.8, 4) is 17.0 Å². The van der Waals surface area contributed by atoms with Crippen molar-refractivity contribution in [3.05, 3.63) is 89.6 Å². The average Bonchev–Trinajstić information content (AvgIpc) is 3.62. The zero-order valence-corrected chi connectivity index (χ0v) is 29.7. The van der Waals surface area contributed by atoms with Gasteiger partial charge in [0, 0.05) is 46.2 Å². The topological polar surface area (TPSA) is 137 Å². The fourth-order valence-electron chi connectivity index (χ4n) is 6.21. The number of aromatic nitrogens is 2. The van der Waals surface area contributed by atoms with Crippen LogP contribution in [0.1, 0.15) is 69.7 Å². The second-order valence-corrected chi connectivity index (χ2v) is 13.7. The molecular formula is C40H49N5O5. The zero-order valence-electron chi connectivity index (χ0n) is 29.7. The molecule has 10 nitrogen and oxygen atoms in total. The third-order valence-electron chi connectivity index (χ3n) is 8.73. The highest BCUT2D eigenvalue weighted by atomic mass is 16.7. The lowest BCUT2D eigenvalue weighted by molar-refractivity contribution is -0.145. The summed E-state index contributed by atoms with van der Waals surface area (Å²) < 4.78 is 5.41. The first-order valence-electron chi connectivity index (χ1n) is 17.4. The number of fused-ring (bicyclic) bond motifs is 2. The van der Waals surface area contributed by atoms with Crippen molar-refractivity contribution in [2.75, 3.05) is 13.7 Å². The van der Waals surface area contributed by atoms with E-state index in [1.807, 2.05) is 76.2 Å². The normalized spacial score (nSPS) is 12.2. The smallest absolute Gasteiger partial charge is 0.243 e. The molecule has 0 unspecified atom stereocenters. The molecule has 264 valence electrons. The molecule has 0 spiro atoms. The number of para-hydroxylation sites is 1. The van der Waals surface area contributed by atoms with Gasteiger partial charge in [0.1, 0.15) is 11.8 Å². The SMILES string of the molecule is COc1ccc2[nH]c(C)c(CC(=O)N[C@@H](CCCCCC(=O)NOC(C)(C)C)C(=O)NCCc3c(-c4ccccc4)[nH]c4ccccc34)c2c1. The number of hydrogen-bond donors (Lipinski definition) is 5. The fourth-order valence-corrected chi connectivity index (χ4v) is 6.21. The van der Waals surface area contributed by atoms with Crippen molar-refractivity contribution in [1.82, 2.24) is 26.1 Å². The average molecular weight is 680 g/mol. The van der Waals surface area contributed by atoms with Gasteiger partial charge in [-0.2, -0.15) is 0 Å². The van der Waals surface area contributed by atoms with E-state index in [4.69, 9.17) is 9.57 Å². The summed E-state index contributed by atoms with van der Waals surface area (Å²) in [4.78, 5) is 51.7. The lowest BCUT2D eigenvalue weighted by atomic mass is 10.0. The van der Waals surface area contributed by atoms with Crippen LogP contribution in [-0.2, 0) is 32.1 Å². The van der Waals surface area contributed by atoms with Crippen molar-refractivity contribution in [3.63, 3.8) is 0 Å². The summed E-state index contributed by atoms with van der Waals surface area (Å²) >= 11 is 0. The van der Waals surface area contributed by atoms with Crippen molar-refractivity contribution < 1.29 is 24.0 Å². The molecule has 0 fully saturated rings. The summed E-state index contributed by atoms with van der Waals surface area (Å²) in [6, 6.07) is 23.4. The van der Waals surface area contributed by atoms with Crippen LogP contribution in [-0.4, -0.2) is 53.0 Å². The molecule has 2 heterocycles. The Kier molecular flexibility index (Phi) is 12.0. The fraction of sp³-hybridized carbons (Fsp3) is 0.375. The van der Waals surface area contributed by atoms with Crippen molar-refractivity contribution in [1.29, 1.82) is 0 Å². The lowest BCUT2D eigenvalue weighted by Crippen LogP contribution is -2.47. The number of methoxy groups -OCH3 is 1. The Morgan fingerprint density at radius 1 is 0.820 bits per heavy atom. The second kappa shape index (κ2) is 16.5. The second-order valence-electron chi connectivity index (χ2n) is 13.7. The van der Waals surface area contributed by atoms with E-state index in [0.717, 1.165) is 56.3 Å². The molecule has 3 aromatic carbocycles. The number of amides is 3. The maximum Gasteiger partial charge on any atom is 0.243 e. The molecule has 0 aliphatic carbocycles. The summed E-state index contributed by atoms with van der Waals surface area (Å²) in [7, 11) is 1.61. The number of unbranched alkanes of at least 4 members (excludes halogenated alkanes) is 2. The molecule has 0 radical (unpaired) electrons. The number of hydroxylamine groups is 1. The molecule has 1 atom stereocenters. The molecule has 3 amide bonds. The summed E-state index contributed by atoms with van der Waals surface area (Å²) in [6.07, 6.45) is 3.52. The van der Waals surface area contributed by atoms with Gasteiger partial charge in [0.25, 0.3) is 0 Å². The molecule has 2 aromatic heterocycles. The molecule has 5 aromatic rings. The van der Waals surface area contributed by atoms with E-state index >= 15 is 0 Å². The van der Waals surface area contributed by atoms with E-state index in [1.54, 1.807) is 7.11 Å². The van der Waals surface area contributed by atoms with Gasteiger partial charge in [-0.15, -0.1) is 0 Å². The summed E-state index contributed by atoms with van der Waals surface area (Å²) in [6.45, 7) is 7.95. The minimum absolute atomic E-state index is 0.118. The van der Waals surface area contributed by atoms with Gasteiger partial charge in [-0.25, -0.2) is 5.48 Å². The highest BCUT2D eigenvalue weighted by Crippen LogP contribution is 2.31. The van der Waals surface area contributed by atoms with Gasteiger partial charge in [0.15, 0.2) is 0 Å². The first kappa shape index (κ1) is 36.2. The maximum absolute atomic E-state index is 13.7. The number of carbonyl (C=O) groups excluding carboxylic acids is 3. The number of ether oxygens (including phenoxy) is 1. The third-order valence-corrected chi connectivity index (χ3v) is 8.73. The molecule has 0 saturated heterocycles. The molecule has 0 aliphatic rings. The Hall–Kier alpha value is -5.09. The number of benzene rings is 3. The van der Waals surface area contributed by atoms with Gasteiger partial charge in [0.05, 0.1) is 19.1 Å². The van der Waals surface area contributed by atoms with Crippen LogP contribution in [0.15, 0.2) is 72.8 Å². The quantitative estimate of drug-likeness (QED) is 0.0576. The minimum Gasteiger partial charge on any atom is -0.497 e. The maximum atomic E-state index is 13.7. The van der Waals surface area contributed by atoms with Crippen LogP contribution in [0.2, 0.25) is 0 Å². The summed E-state index contributed by atoms with van der Waals surface area (Å²) in [5.74, 6) is 0.0619. The van der Waals surface area contributed by atoms with Crippen LogP contribution in [0.3, 0.4) is 0 Å². The van der Waals surface area contributed by atoms with Gasteiger partial charge >= 0.3 is 0 Å². The van der Waals surface area contributed by atoms with Crippen LogP contribution in [0.4, 0.5) is 0 Å². The number of aryl methyl sites for hydroxylation is 1. The van der Waals surface area contributed by atoms with E-state index < -0.39 is 11.6 Å². The van der Waals surface area contributed by atoms with Crippen LogP contribution in [0.25, 0.3) is 33.1 Å². The van der Waals surface area contributed by atoms with E-state index in [-0.39, 0.29) is 24.1 Å². The Labute approximate surface area is 293 Å². The van der Waals surface area contributed by atoms with Crippen molar-refractivity contribution >= 4 is 39.5 Å². The molecular weight excluding hydrogens is 630 g/mol. The van der Waals surface area contributed by atoms with Gasteiger partial charge in [0.2, 0.25) is 17.7 Å². The van der Waals surface area contributed by atoms with Crippen LogP contribution in [0.5, 0.6) is 5.75 Å². The van der Waals surface area contributed by atoms with Gasteiger partial charge < -0.3 is 25.3 Å². The highest BCUT2D eigenvalue weighted by Gasteiger charge is 2.23. The number of aromatic amines is 2. The summed E-state index contributed by atoms with van der Waals surface area (Å²) in [5, 5.41) is 8.16. The summed E-state index contributed by atoms with van der Waals surface area (Å²) in [5.41, 5.74) is 9.01. The standard InChI is InChI=1S/C40H49N5O5/c1-26-31(32-24-28(49-5)20-21-34(32)42-26)25-37(47)43-35(18-10-7-11-19-36(46)45-50-40(2,3)4)39(48)41-23-22-30-29-16-12-13-17-33(29)44-38(30)27-14-8-6-9-15-27/h6,8-9,12-17,20-21,24,35,42,44H,7,10-11,18-19,22-23,25H2,1-5H3,(H,41,48)(H,43,47)(H,45,46)/t35-/m0/s1. The lowest BCUT2D eigenvalue weighted by Gasteiger charge is -2.19. The van der Waals surface area contributed by atoms with Crippen molar-refractivity contribution in [2.24, 2.45) is 0 Å². The first-order chi connectivity index (χ1) is 24.0. The Morgan fingerprint density at radius 3 is 2.32 bits per heavy atom.